The van der Waals surface area contributed by atoms with Gasteiger partial charge in [-0.15, -0.1) is 0 Å². The molecule has 0 aliphatic heterocycles. The van der Waals surface area contributed by atoms with Crippen LogP contribution in [-0.4, -0.2) is 42.1 Å². The van der Waals surface area contributed by atoms with Gasteiger partial charge < -0.3 is 10.2 Å². The Balaban J connectivity index is 2.33. The number of nitrogens with one attached hydrogen (secondary N) is 2. The van der Waals surface area contributed by atoms with Crippen molar-refractivity contribution in [1.29, 1.82) is 0 Å². The van der Waals surface area contributed by atoms with Crippen LogP contribution in [0.2, 0.25) is 0 Å². The van der Waals surface area contributed by atoms with Crippen molar-refractivity contribution in [3.8, 4) is 0 Å². The zero-order chi connectivity index (χ0) is 12.7. The number of aromatic nitrogens is 2. The minimum absolute atomic E-state index is 0.445. The molecular formula is C11H22N6. The van der Waals surface area contributed by atoms with E-state index in [0.29, 0.717) is 5.95 Å². The second kappa shape index (κ2) is 7.03. The molecule has 1 rings (SSSR count). The highest BCUT2D eigenvalue weighted by Gasteiger charge is 2.00. The number of hydrazine groups is 1. The molecule has 6 nitrogen and oxygen atoms in total. The summed E-state index contributed by atoms with van der Waals surface area (Å²) in [6, 6.07) is 1.91. The van der Waals surface area contributed by atoms with Crippen molar-refractivity contribution in [3.05, 3.63) is 11.8 Å². The Bertz CT molecular complexity index is 339. The molecule has 4 N–H and O–H groups in total. The van der Waals surface area contributed by atoms with Gasteiger partial charge in [-0.25, -0.2) is 10.8 Å². The molecule has 0 amide bonds. The van der Waals surface area contributed by atoms with E-state index in [1.165, 1.54) is 6.42 Å². The SMILES string of the molecule is Cc1cc(NCCCCN(C)C)nc(NN)n1. The first-order valence-electron chi connectivity index (χ1n) is 5.82. The minimum atomic E-state index is 0.445. The van der Waals surface area contributed by atoms with Crippen LogP contribution in [0.4, 0.5) is 11.8 Å². The van der Waals surface area contributed by atoms with Gasteiger partial charge in [0, 0.05) is 18.3 Å². The summed E-state index contributed by atoms with van der Waals surface area (Å²) in [6.07, 6.45) is 2.29. The number of aryl methyl sites for hydroxylation is 1. The number of hydrogen-bond acceptors (Lipinski definition) is 6. The van der Waals surface area contributed by atoms with Gasteiger partial charge >= 0.3 is 0 Å². The fraction of sp³-hybridized carbons (Fsp3) is 0.636. The number of unbranched alkanes of at least 4 members (excludes halogenated alkanes) is 1. The predicted octanol–water partition coefficient (Wildman–Crippen LogP) is 0.824. The first-order chi connectivity index (χ1) is 8.11. The highest BCUT2D eigenvalue weighted by molar-refractivity contribution is 5.41. The smallest absolute Gasteiger partial charge is 0.239 e. The molecule has 1 heterocycles. The molecule has 0 fully saturated rings. The van der Waals surface area contributed by atoms with Gasteiger partial charge in [-0.05, 0) is 40.4 Å². The van der Waals surface area contributed by atoms with Crippen LogP contribution in [0.1, 0.15) is 18.5 Å². The molecule has 0 unspecified atom stereocenters. The fourth-order valence-corrected chi connectivity index (χ4v) is 1.49. The van der Waals surface area contributed by atoms with Crippen molar-refractivity contribution >= 4 is 11.8 Å². The largest absolute Gasteiger partial charge is 0.370 e. The van der Waals surface area contributed by atoms with Gasteiger partial charge in [0.2, 0.25) is 5.95 Å². The van der Waals surface area contributed by atoms with Gasteiger partial charge in [-0.1, -0.05) is 0 Å². The Labute approximate surface area is 103 Å². The van der Waals surface area contributed by atoms with Crippen LogP contribution in [0.15, 0.2) is 6.07 Å². The van der Waals surface area contributed by atoms with Crippen molar-refractivity contribution in [1.82, 2.24) is 14.9 Å². The summed E-state index contributed by atoms with van der Waals surface area (Å²) in [5, 5.41) is 3.27. The third-order valence-electron chi connectivity index (χ3n) is 2.32. The lowest BCUT2D eigenvalue weighted by atomic mass is 10.3. The van der Waals surface area contributed by atoms with E-state index >= 15 is 0 Å². The predicted molar refractivity (Wildman–Crippen MR) is 70.9 cm³/mol. The highest BCUT2D eigenvalue weighted by atomic mass is 15.3. The molecule has 0 aromatic carbocycles. The van der Waals surface area contributed by atoms with Gasteiger partial charge in [0.05, 0.1) is 0 Å². The number of rotatable bonds is 7. The van der Waals surface area contributed by atoms with Crippen molar-refractivity contribution in [3.63, 3.8) is 0 Å². The average Bonchev–Trinajstić information content (AvgIpc) is 2.27. The molecule has 6 heteroatoms. The van der Waals surface area contributed by atoms with E-state index in [1.54, 1.807) is 0 Å². The summed E-state index contributed by atoms with van der Waals surface area (Å²) in [7, 11) is 4.17. The van der Waals surface area contributed by atoms with E-state index < -0.39 is 0 Å². The molecule has 0 aliphatic carbocycles. The second-order valence-corrected chi connectivity index (χ2v) is 4.30. The lowest BCUT2D eigenvalue weighted by molar-refractivity contribution is 0.396. The van der Waals surface area contributed by atoms with E-state index in [4.69, 9.17) is 5.84 Å². The van der Waals surface area contributed by atoms with E-state index in [2.05, 4.69) is 39.7 Å². The van der Waals surface area contributed by atoms with Crippen LogP contribution in [-0.2, 0) is 0 Å². The quantitative estimate of drug-likeness (QED) is 0.371. The molecule has 0 saturated carbocycles. The molecule has 0 spiro atoms. The van der Waals surface area contributed by atoms with Crippen molar-refractivity contribution in [2.45, 2.75) is 19.8 Å². The Morgan fingerprint density at radius 3 is 2.71 bits per heavy atom. The van der Waals surface area contributed by atoms with Gasteiger partial charge in [0.15, 0.2) is 0 Å². The molecule has 0 radical (unpaired) electrons. The molecular weight excluding hydrogens is 216 g/mol. The van der Waals surface area contributed by atoms with Crippen LogP contribution in [0.25, 0.3) is 0 Å². The maximum Gasteiger partial charge on any atom is 0.239 e. The van der Waals surface area contributed by atoms with Crippen LogP contribution < -0.4 is 16.6 Å². The molecule has 1 aromatic rings. The van der Waals surface area contributed by atoms with Crippen molar-refractivity contribution < 1.29 is 0 Å². The number of nitrogens with two attached hydrogens (primary N) is 1. The first kappa shape index (κ1) is 13.7. The fourth-order valence-electron chi connectivity index (χ4n) is 1.49. The number of hydrogen-bond donors (Lipinski definition) is 3. The summed E-state index contributed by atoms with van der Waals surface area (Å²) in [5.74, 6) is 6.55. The maximum absolute atomic E-state index is 5.29. The van der Waals surface area contributed by atoms with E-state index in [0.717, 1.165) is 31.0 Å². The van der Waals surface area contributed by atoms with Gasteiger partial charge in [-0.2, -0.15) is 4.98 Å². The van der Waals surface area contributed by atoms with E-state index in [-0.39, 0.29) is 0 Å². The first-order valence-corrected chi connectivity index (χ1v) is 5.82. The lowest BCUT2D eigenvalue weighted by Crippen LogP contribution is -2.15. The van der Waals surface area contributed by atoms with E-state index in [1.807, 2.05) is 13.0 Å². The number of nitrogen functional groups attached to an aromatic ring is 1. The molecule has 96 valence electrons. The zero-order valence-corrected chi connectivity index (χ0v) is 10.8. The Morgan fingerprint density at radius 2 is 2.06 bits per heavy atom. The van der Waals surface area contributed by atoms with Crippen LogP contribution in [0.5, 0.6) is 0 Å². The van der Waals surface area contributed by atoms with Crippen LogP contribution in [0.3, 0.4) is 0 Å². The normalized spacial score (nSPS) is 10.6. The second-order valence-electron chi connectivity index (χ2n) is 4.30. The molecule has 17 heavy (non-hydrogen) atoms. The molecule has 0 aliphatic rings. The Morgan fingerprint density at radius 1 is 1.29 bits per heavy atom. The third-order valence-corrected chi connectivity index (χ3v) is 2.32. The van der Waals surface area contributed by atoms with Crippen molar-refractivity contribution in [2.75, 3.05) is 37.9 Å². The summed E-state index contributed by atoms with van der Waals surface area (Å²) in [6.45, 7) is 3.94. The van der Waals surface area contributed by atoms with Gasteiger partial charge in [-0.3, -0.25) is 5.43 Å². The maximum atomic E-state index is 5.29. The zero-order valence-electron chi connectivity index (χ0n) is 10.8. The van der Waals surface area contributed by atoms with Gasteiger partial charge in [0.1, 0.15) is 5.82 Å². The van der Waals surface area contributed by atoms with Gasteiger partial charge in [0.25, 0.3) is 0 Å². The molecule has 0 atom stereocenters. The Kier molecular flexibility index (Phi) is 5.65. The highest BCUT2D eigenvalue weighted by Crippen LogP contribution is 2.08. The monoisotopic (exact) mass is 238 g/mol. The average molecular weight is 238 g/mol. The van der Waals surface area contributed by atoms with Crippen LogP contribution >= 0.6 is 0 Å². The lowest BCUT2D eigenvalue weighted by Gasteiger charge is -2.10. The summed E-state index contributed by atoms with van der Waals surface area (Å²) in [4.78, 5) is 10.5. The minimum Gasteiger partial charge on any atom is -0.370 e. The van der Waals surface area contributed by atoms with Crippen molar-refractivity contribution in [2.24, 2.45) is 5.84 Å². The third kappa shape index (κ3) is 5.46. The topological polar surface area (TPSA) is 79.1 Å². The molecule has 0 bridgehead atoms. The Hall–Kier alpha value is -1.40. The summed E-state index contributed by atoms with van der Waals surface area (Å²) < 4.78 is 0. The standard InChI is InChI=1S/C11H22N6/c1-9-8-10(15-11(14-9)16-12)13-6-4-5-7-17(2)3/h8H,4-7,12H2,1-3H3,(H2,13,14,15,16). The van der Waals surface area contributed by atoms with E-state index in [9.17, 15) is 0 Å². The summed E-state index contributed by atoms with van der Waals surface area (Å²) >= 11 is 0. The molecule has 0 saturated heterocycles. The number of nitrogens with zero attached hydrogens (tertiary/aromatic N) is 3. The summed E-state index contributed by atoms with van der Waals surface area (Å²) in [5.41, 5.74) is 3.35. The molecule has 1 aromatic heterocycles. The number of anilines is 2. The van der Waals surface area contributed by atoms with Crippen LogP contribution in [0, 0.1) is 6.92 Å².